The first-order valence-corrected chi connectivity index (χ1v) is 14.1. The zero-order valence-corrected chi connectivity index (χ0v) is 23.7. The Morgan fingerprint density at radius 1 is 0.930 bits per heavy atom. The van der Waals surface area contributed by atoms with Crippen LogP contribution in [0.5, 0.6) is 5.75 Å². The summed E-state index contributed by atoms with van der Waals surface area (Å²) in [7, 11) is 1.58. The normalized spacial score (nSPS) is 17.2. The van der Waals surface area contributed by atoms with Crippen molar-refractivity contribution in [2.75, 3.05) is 18.6 Å². The minimum absolute atomic E-state index is 0.0437. The lowest BCUT2D eigenvalue weighted by molar-refractivity contribution is -0.126. The van der Waals surface area contributed by atoms with E-state index >= 15 is 0 Å². The average molecular weight is 595 g/mol. The molecule has 214 valence electrons. The van der Waals surface area contributed by atoms with Gasteiger partial charge in [0, 0.05) is 17.1 Å². The van der Waals surface area contributed by atoms with Crippen molar-refractivity contribution in [3.8, 4) is 5.75 Å². The number of halogens is 2. The number of anilines is 1. The van der Waals surface area contributed by atoms with Gasteiger partial charge in [0.05, 0.1) is 30.3 Å². The largest absolute Gasteiger partial charge is 0.497 e. The number of amides is 2. The summed E-state index contributed by atoms with van der Waals surface area (Å²) in [6.07, 6.45) is 0.383. The predicted octanol–water partition coefficient (Wildman–Crippen LogP) is 6.08. The second kappa shape index (κ2) is 10.1. The van der Waals surface area contributed by atoms with Crippen LogP contribution in [0.2, 0.25) is 5.02 Å². The average Bonchev–Trinajstić information content (AvgIpc) is 3.41. The van der Waals surface area contributed by atoms with E-state index in [1.807, 2.05) is 36.4 Å². The molecule has 1 spiro atoms. The molecule has 0 saturated heterocycles. The Bertz CT molecular complexity index is 2010. The summed E-state index contributed by atoms with van der Waals surface area (Å²) in [5.74, 6) is -1.24. The molecule has 9 heteroatoms. The number of carbonyl (C=O) groups is 2. The van der Waals surface area contributed by atoms with Gasteiger partial charge in [-0.25, -0.2) is 4.39 Å². The first kappa shape index (κ1) is 26.9. The fourth-order valence-corrected chi connectivity index (χ4v) is 6.45. The van der Waals surface area contributed by atoms with Gasteiger partial charge in [-0.15, -0.1) is 0 Å². The van der Waals surface area contributed by atoms with E-state index in [-0.39, 0.29) is 35.4 Å². The Kier molecular flexibility index (Phi) is 6.32. The van der Waals surface area contributed by atoms with Crippen LogP contribution in [-0.2, 0) is 23.3 Å². The van der Waals surface area contributed by atoms with Crippen molar-refractivity contribution >= 4 is 40.1 Å². The lowest BCUT2D eigenvalue weighted by atomic mass is 9.83. The van der Waals surface area contributed by atoms with Crippen LogP contribution in [0.4, 0.5) is 10.1 Å². The minimum Gasteiger partial charge on any atom is -0.497 e. The van der Waals surface area contributed by atoms with Gasteiger partial charge in [-0.1, -0.05) is 60.1 Å². The Balaban J connectivity index is 1.44. The highest BCUT2D eigenvalue weighted by Crippen LogP contribution is 2.53. The Labute approximate surface area is 250 Å². The summed E-state index contributed by atoms with van der Waals surface area (Å²) in [5, 5.41) is 0.437. The number of para-hydroxylation sites is 1. The Morgan fingerprint density at radius 2 is 1.67 bits per heavy atom. The number of carbonyl (C=O) groups excluding carboxylic acids is 2. The van der Waals surface area contributed by atoms with Crippen LogP contribution in [0.15, 0.2) is 100 Å². The molecule has 43 heavy (non-hydrogen) atoms. The van der Waals surface area contributed by atoms with Crippen molar-refractivity contribution in [1.82, 2.24) is 4.90 Å². The zero-order valence-electron chi connectivity index (χ0n) is 23.0. The van der Waals surface area contributed by atoms with E-state index in [2.05, 4.69) is 0 Å². The fraction of sp³-hybridized carbons (Fsp3) is 0.147. The zero-order chi connectivity index (χ0) is 29.9. The standard InChI is InChI=1S/C34H24ClFN2O5/c1-42-23-13-10-20(11-14-23)16-17-38-32(40)31-29(30(39)24-18-22(36)12-15-28(24)43-31)34(38)25-7-3-5-9-27(25)37(33(34)41)19-21-6-2-4-8-26(21)35/h2-15,18H,16-17,19H2,1H3. The molecule has 0 saturated carbocycles. The van der Waals surface area contributed by atoms with Crippen molar-refractivity contribution in [2.24, 2.45) is 0 Å². The SMILES string of the molecule is COc1ccc(CCN2C(=O)c3oc4ccc(F)cc4c(=O)c3C23C(=O)N(Cc2ccccc2Cl)c2ccccc23)cc1. The number of rotatable bonds is 6. The molecule has 1 unspecified atom stereocenters. The van der Waals surface area contributed by atoms with E-state index in [0.29, 0.717) is 34.0 Å². The van der Waals surface area contributed by atoms with Gasteiger partial charge in [0.1, 0.15) is 17.1 Å². The van der Waals surface area contributed by atoms with Crippen LogP contribution < -0.4 is 15.1 Å². The first-order valence-electron chi connectivity index (χ1n) is 13.7. The molecule has 5 aromatic rings. The molecule has 0 fully saturated rings. The third-order valence-corrected chi connectivity index (χ3v) is 8.64. The molecular weight excluding hydrogens is 571 g/mol. The molecule has 0 bridgehead atoms. The summed E-state index contributed by atoms with van der Waals surface area (Å²) >= 11 is 6.49. The van der Waals surface area contributed by atoms with Crippen LogP contribution in [0.3, 0.4) is 0 Å². The predicted molar refractivity (Wildman–Crippen MR) is 160 cm³/mol. The molecule has 2 amide bonds. The third-order valence-electron chi connectivity index (χ3n) is 8.27. The van der Waals surface area contributed by atoms with Crippen molar-refractivity contribution in [3.05, 3.63) is 140 Å². The van der Waals surface area contributed by atoms with Gasteiger partial charge in [0.25, 0.3) is 11.8 Å². The van der Waals surface area contributed by atoms with Gasteiger partial charge in [0.15, 0.2) is 11.0 Å². The molecule has 2 aliphatic rings. The van der Waals surface area contributed by atoms with Gasteiger partial charge < -0.3 is 19.0 Å². The molecule has 1 atom stereocenters. The maximum absolute atomic E-state index is 14.9. The van der Waals surface area contributed by atoms with Crippen molar-refractivity contribution in [1.29, 1.82) is 0 Å². The molecule has 7 nitrogen and oxygen atoms in total. The quantitative estimate of drug-likeness (QED) is 0.238. The van der Waals surface area contributed by atoms with Gasteiger partial charge in [-0.2, -0.15) is 0 Å². The third kappa shape index (κ3) is 3.97. The van der Waals surface area contributed by atoms with Gasteiger partial charge in [0.2, 0.25) is 5.76 Å². The number of ether oxygens (including phenoxy) is 1. The molecular formula is C34H24ClFN2O5. The lowest BCUT2D eigenvalue weighted by Gasteiger charge is -2.34. The van der Waals surface area contributed by atoms with Gasteiger partial charge >= 0.3 is 0 Å². The maximum Gasteiger partial charge on any atom is 0.291 e. The first-order chi connectivity index (χ1) is 20.8. The van der Waals surface area contributed by atoms with Crippen LogP contribution in [0, 0.1) is 5.82 Å². The van der Waals surface area contributed by atoms with Crippen LogP contribution >= 0.6 is 11.6 Å². The van der Waals surface area contributed by atoms with E-state index in [1.54, 1.807) is 48.4 Å². The second-order valence-corrected chi connectivity index (χ2v) is 10.9. The molecule has 0 aliphatic carbocycles. The molecule has 7 rings (SSSR count). The number of benzene rings is 4. The molecule has 3 heterocycles. The van der Waals surface area contributed by atoms with Crippen molar-refractivity contribution in [3.63, 3.8) is 0 Å². The molecule has 1 aromatic heterocycles. The van der Waals surface area contributed by atoms with E-state index < -0.39 is 28.6 Å². The summed E-state index contributed by atoms with van der Waals surface area (Å²) in [4.78, 5) is 46.3. The fourth-order valence-electron chi connectivity index (χ4n) is 6.25. The highest BCUT2D eigenvalue weighted by molar-refractivity contribution is 6.31. The highest BCUT2D eigenvalue weighted by atomic mass is 35.5. The number of nitrogens with zero attached hydrogens (tertiary/aromatic N) is 2. The Hall–Kier alpha value is -4.95. The number of methoxy groups -OCH3 is 1. The topological polar surface area (TPSA) is 80.1 Å². The molecule has 2 aliphatic heterocycles. The van der Waals surface area contributed by atoms with E-state index in [0.717, 1.165) is 17.7 Å². The van der Waals surface area contributed by atoms with Gasteiger partial charge in [-0.05, 0) is 60.0 Å². The van der Waals surface area contributed by atoms with Crippen LogP contribution in [-0.4, -0.2) is 30.4 Å². The molecule has 0 radical (unpaired) electrons. The second-order valence-electron chi connectivity index (χ2n) is 10.5. The maximum atomic E-state index is 14.9. The number of fused-ring (bicyclic) bond motifs is 5. The summed E-state index contributed by atoms with van der Waals surface area (Å²) < 4.78 is 25.6. The van der Waals surface area contributed by atoms with Crippen molar-refractivity contribution < 1.29 is 23.1 Å². The van der Waals surface area contributed by atoms with E-state index in [4.69, 9.17) is 20.8 Å². The van der Waals surface area contributed by atoms with Crippen molar-refractivity contribution in [2.45, 2.75) is 18.5 Å². The van der Waals surface area contributed by atoms with E-state index in [9.17, 15) is 18.8 Å². The molecule has 0 N–H and O–H groups in total. The number of hydrogen-bond donors (Lipinski definition) is 0. The Morgan fingerprint density at radius 3 is 2.44 bits per heavy atom. The van der Waals surface area contributed by atoms with Gasteiger partial charge in [-0.3, -0.25) is 14.4 Å². The summed E-state index contributed by atoms with van der Waals surface area (Å²) in [6, 6.07) is 25.2. The van der Waals surface area contributed by atoms with E-state index in [1.165, 1.54) is 11.0 Å². The monoisotopic (exact) mass is 594 g/mol. The lowest BCUT2D eigenvalue weighted by Crippen LogP contribution is -2.53. The van der Waals surface area contributed by atoms with Crippen LogP contribution in [0.25, 0.3) is 11.0 Å². The number of hydrogen-bond acceptors (Lipinski definition) is 5. The smallest absolute Gasteiger partial charge is 0.291 e. The summed E-state index contributed by atoms with van der Waals surface area (Å²) in [5.41, 5.74) is 0.126. The van der Waals surface area contributed by atoms with Crippen LogP contribution in [0.1, 0.15) is 32.8 Å². The highest BCUT2D eigenvalue weighted by Gasteiger charge is 2.64. The molecule has 4 aromatic carbocycles. The summed E-state index contributed by atoms with van der Waals surface area (Å²) in [6.45, 7) is 0.209. The minimum atomic E-state index is -1.82.